The first kappa shape index (κ1) is 21.3. The number of thiophene rings is 2. The summed E-state index contributed by atoms with van der Waals surface area (Å²) in [6, 6.07) is 10.7. The first-order valence-electron chi connectivity index (χ1n) is 10.1. The minimum Gasteiger partial charge on any atom is -0.365 e. The molecule has 0 saturated heterocycles. The second-order valence-electron chi connectivity index (χ2n) is 7.54. The van der Waals surface area contributed by atoms with E-state index in [-0.39, 0.29) is 11.7 Å². The van der Waals surface area contributed by atoms with Gasteiger partial charge in [-0.05, 0) is 49.6 Å². The Morgan fingerprint density at radius 2 is 1.81 bits per heavy atom. The molecule has 2 amide bonds. The van der Waals surface area contributed by atoms with Gasteiger partial charge in [0.05, 0.1) is 10.4 Å². The molecule has 2 heterocycles. The number of benzene rings is 1. The van der Waals surface area contributed by atoms with Crippen molar-refractivity contribution in [2.45, 2.75) is 38.8 Å². The van der Waals surface area contributed by atoms with Crippen LogP contribution < -0.4 is 16.4 Å². The maximum absolute atomic E-state index is 13.3. The lowest BCUT2D eigenvalue weighted by Gasteiger charge is -2.20. The maximum Gasteiger partial charge on any atom is 0.263 e. The molecule has 8 heteroatoms. The molecule has 0 spiro atoms. The molecule has 160 valence electrons. The third kappa shape index (κ3) is 4.55. The lowest BCUT2D eigenvalue weighted by molar-refractivity contribution is 0.0872. The van der Waals surface area contributed by atoms with Gasteiger partial charge in [0.1, 0.15) is 5.00 Å². The summed E-state index contributed by atoms with van der Waals surface area (Å²) in [6.07, 6.45) is 2.72. The van der Waals surface area contributed by atoms with Crippen molar-refractivity contribution in [3.8, 4) is 0 Å². The summed E-state index contributed by atoms with van der Waals surface area (Å²) in [5.41, 5.74) is 8.61. The van der Waals surface area contributed by atoms with E-state index in [4.69, 9.17) is 5.73 Å². The van der Waals surface area contributed by atoms with Gasteiger partial charge in [-0.1, -0.05) is 35.9 Å². The van der Waals surface area contributed by atoms with Crippen LogP contribution in [0.5, 0.6) is 0 Å². The number of hydrogen-bond acceptors (Lipinski definition) is 6. The summed E-state index contributed by atoms with van der Waals surface area (Å²) in [5, 5.41) is 8.27. The monoisotopic (exact) mass is 453 g/mol. The minimum atomic E-state index is -1.03. The first-order valence-corrected chi connectivity index (χ1v) is 11.8. The highest BCUT2D eigenvalue weighted by molar-refractivity contribution is 7.16. The van der Waals surface area contributed by atoms with Gasteiger partial charge in [0, 0.05) is 10.4 Å². The van der Waals surface area contributed by atoms with Crippen molar-refractivity contribution in [2.24, 2.45) is 5.73 Å². The fourth-order valence-corrected chi connectivity index (χ4v) is 5.67. The Balaban J connectivity index is 1.68. The molecule has 6 nitrogen and oxygen atoms in total. The second-order valence-corrected chi connectivity index (χ2v) is 9.59. The van der Waals surface area contributed by atoms with Crippen LogP contribution in [0.15, 0.2) is 41.8 Å². The third-order valence-electron chi connectivity index (χ3n) is 5.31. The number of Topliss-reactive ketones (excluding diaryl/α,β-unsaturated/α-hetero) is 1. The Kier molecular flexibility index (Phi) is 6.20. The van der Waals surface area contributed by atoms with E-state index < -0.39 is 12.1 Å². The van der Waals surface area contributed by atoms with E-state index in [9.17, 15) is 14.4 Å². The molecule has 1 aromatic carbocycles. The van der Waals surface area contributed by atoms with E-state index in [1.807, 2.05) is 19.1 Å². The Hall–Kier alpha value is -2.97. The SMILES string of the molecule is Cc1ccc(C(=O)C(NC(=O)c2cccs2)Nc2sc3c(c2C(N)=O)CCCC3)cc1. The van der Waals surface area contributed by atoms with Crippen LogP contribution in [0.25, 0.3) is 0 Å². The number of fused-ring (bicyclic) bond motifs is 1. The number of amides is 2. The molecule has 0 saturated carbocycles. The highest BCUT2D eigenvalue weighted by Crippen LogP contribution is 2.38. The smallest absolute Gasteiger partial charge is 0.263 e. The minimum absolute atomic E-state index is 0.285. The molecule has 4 rings (SSSR count). The number of hydrogen-bond donors (Lipinski definition) is 3. The van der Waals surface area contributed by atoms with E-state index in [2.05, 4.69) is 10.6 Å². The van der Waals surface area contributed by atoms with Crippen LogP contribution in [0.1, 0.15) is 59.2 Å². The van der Waals surface area contributed by atoms with Gasteiger partial charge in [-0.3, -0.25) is 14.4 Å². The number of anilines is 1. The molecular formula is C23H23N3O3S2. The zero-order chi connectivity index (χ0) is 22.0. The zero-order valence-corrected chi connectivity index (χ0v) is 18.7. The van der Waals surface area contributed by atoms with Crippen molar-refractivity contribution in [1.29, 1.82) is 0 Å². The summed E-state index contributed by atoms with van der Waals surface area (Å²) in [6.45, 7) is 1.94. The topological polar surface area (TPSA) is 101 Å². The second kappa shape index (κ2) is 9.03. The van der Waals surface area contributed by atoms with Crippen molar-refractivity contribution in [2.75, 3.05) is 5.32 Å². The number of primary amides is 1. The van der Waals surface area contributed by atoms with E-state index in [1.54, 1.807) is 29.6 Å². The van der Waals surface area contributed by atoms with Crippen LogP contribution in [0.2, 0.25) is 0 Å². The molecule has 4 N–H and O–H groups in total. The van der Waals surface area contributed by atoms with Gasteiger partial charge in [-0.15, -0.1) is 22.7 Å². The van der Waals surface area contributed by atoms with Gasteiger partial charge in [-0.2, -0.15) is 0 Å². The Morgan fingerprint density at radius 1 is 1.06 bits per heavy atom. The van der Waals surface area contributed by atoms with Crippen LogP contribution in [0, 0.1) is 6.92 Å². The fourth-order valence-electron chi connectivity index (χ4n) is 3.72. The normalized spacial score (nSPS) is 13.8. The number of carbonyl (C=O) groups excluding carboxylic acids is 3. The molecule has 2 aromatic heterocycles. The van der Waals surface area contributed by atoms with Gasteiger partial charge >= 0.3 is 0 Å². The van der Waals surface area contributed by atoms with Crippen LogP contribution in [0.4, 0.5) is 5.00 Å². The zero-order valence-electron chi connectivity index (χ0n) is 17.1. The van der Waals surface area contributed by atoms with Crippen molar-refractivity contribution in [3.63, 3.8) is 0 Å². The summed E-state index contributed by atoms with van der Waals surface area (Å²) >= 11 is 2.74. The fraction of sp³-hybridized carbons (Fsp3) is 0.261. The number of nitrogens with one attached hydrogen (secondary N) is 2. The van der Waals surface area contributed by atoms with E-state index >= 15 is 0 Å². The highest BCUT2D eigenvalue weighted by atomic mass is 32.1. The molecule has 31 heavy (non-hydrogen) atoms. The summed E-state index contributed by atoms with van der Waals surface area (Å²) in [4.78, 5) is 39.9. The molecule has 1 unspecified atom stereocenters. The molecule has 3 aromatic rings. The lowest BCUT2D eigenvalue weighted by atomic mass is 9.95. The van der Waals surface area contributed by atoms with Crippen molar-refractivity contribution >= 4 is 45.3 Å². The number of aryl methyl sites for hydroxylation is 2. The largest absolute Gasteiger partial charge is 0.365 e. The third-order valence-corrected chi connectivity index (χ3v) is 7.40. The van der Waals surface area contributed by atoms with Gasteiger partial charge in [0.2, 0.25) is 5.78 Å². The summed E-state index contributed by atoms with van der Waals surface area (Å²) in [5.74, 6) is -1.16. The first-order chi connectivity index (χ1) is 14.9. The summed E-state index contributed by atoms with van der Waals surface area (Å²) < 4.78 is 0. The molecule has 0 bridgehead atoms. The van der Waals surface area contributed by atoms with Crippen molar-refractivity contribution in [3.05, 3.63) is 73.8 Å². The van der Waals surface area contributed by atoms with Crippen molar-refractivity contribution in [1.82, 2.24) is 5.32 Å². The predicted octanol–water partition coefficient (Wildman–Crippen LogP) is 4.15. The van der Waals surface area contributed by atoms with E-state index in [0.29, 0.717) is 21.0 Å². The van der Waals surface area contributed by atoms with Crippen LogP contribution in [-0.4, -0.2) is 23.8 Å². The molecule has 1 aliphatic rings. The molecule has 1 aliphatic carbocycles. The van der Waals surface area contributed by atoms with Crippen LogP contribution >= 0.6 is 22.7 Å². The average molecular weight is 454 g/mol. The molecule has 1 atom stereocenters. The van der Waals surface area contributed by atoms with Crippen LogP contribution in [-0.2, 0) is 12.8 Å². The maximum atomic E-state index is 13.3. The van der Waals surface area contributed by atoms with Gasteiger partial charge in [0.15, 0.2) is 6.17 Å². The van der Waals surface area contributed by atoms with Gasteiger partial charge in [-0.25, -0.2) is 0 Å². The number of nitrogens with two attached hydrogens (primary N) is 1. The lowest BCUT2D eigenvalue weighted by Crippen LogP contribution is -2.46. The Morgan fingerprint density at radius 3 is 2.48 bits per heavy atom. The summed E-state index contributed by atoms with van der Waals surface area (Å²) in [7, 11) is 0. The van der Waals surface area contributed by atoms with E-state index in [0.717, 1.165) is 41.7 Å². The van der Waals surface area contributed by atoms with Crippen LogP contribution in [0.3, 0.4) is 0 Å². The molecule has 0 fully saturated rings. The number of ketones is 1. The Labute approximate surface area is 188 Å². The quantitative estimate of drug-likeness (QED) is 0.369. The van der Waals surface area contributed by atoms with Gasteiger partial charge < -0.3 is 16.4 Å². The van der Waals surface area contributed by atoms with Crippen molar-refractivity contribution < 1.29 is 14.4 Å². The molecule has 0 radical (unpaired) electrons. The molecular weight excluding hydrogens is 430 g/mol. The number of rotatable bonds is 7. The van der Waals surface area contributed by atoms with E-state index in [1.165, 1.54) is 22.7 Å². The highest BCUT2D eigenvalue weighted by Gasteiger charge is 2.29. The number of carbonyl (C=O) groups is 3. The van der Waals surface area contributed by atoms with Gasteiger partial charge in [0.25, 0.3) is 11.8 Å². The Bertz CT molecular complexity index is 1120. The standard InChI is InChI=1S/C23H23N3O3S2/c1-13-8-10-14(11-9-13)19(27)21(25-22(29)17-7-4-12-30-17)26-23-18(20(24)28)15-5-2-3-6-16(15)31-23/h4,7-12,21,26H,2-3,5-6H2,1H3,(H2,24,28)(H,25,29). The predicted molar refractivity (Wildman–Crippen MR) is 124 cm³/mol. The average Bonchev–Trinajstić information content (AvgIpc) is 3.41. The molecule has 0 aliphatic heterocycles.